The Morgan fingerprint density at radius 3 is 2.32 bits per heavy atom. The van der Waals surface area contributed by atoms with Crippen LogP contribution in [0, 0.1) is 6.92 Å². The average molecular weight is 356 g/mol. The van der Waals surface area contributed by atoms with Gasteiger partial charge in [0.15, 0.2) is 0 Å². The second-order valence-corrected chi connectivity index (χ2v) is 6.34. The summed E-state index contributed by atoms with van der Waals surface area (Å²) in [6.07, 6.45) is 0.250. The first kappa shape index (κ1) is 17.0. The zero-order valence-corrected chi connectivity index (χ0v) is 14.7. The number of H-pyrrole nitrogens is 1. The lowest BCUT2D eigenvalue weighted by Crippen LogP contribution is -2.15. The number of halogens is 1. The third-order valence-electron chi connectivity index (χ3n) is 3.91. The molecule has 25 heavy (non-hydrogen) atoms. The standard InChI is InChI=1S/C19H18ClN3O2/c1-11-16(17-9-13(20)3-8-18(17)21-11)10-19(25)23-15-6-4-14(5-7-15)22-12(2)24/h3-9,21H,10H2,1-2H3,(H,22,24)(H,23,25). The van der Waals surface area contributed by atoms with E-state index in [0.717, 1.165) is 22.2 Å². The van der Waals surface area contributed by atoms with Gasteiger partial charge in [-0.25, -0.2) is 0 Å². The number of benzene rings is 2. The van der Waals surface area contributed by atoms with E-state index < -0.39 is 0 Å². The Balaban J connectivity index is 1.73. The smallest absolute Gasteiger partial charge is 0.228 e. The second-order valence-electron chi connectivity index (χ2n) is 5.90. The van der Waals surface area contributed by atoms with Gasteiger partial charge in [-0.15, -0.1) is 0 Å². The predicted octanol–water partition coefficient (Wildman–Crippen LogP) is 4.27. The Labute approximate surface area is 150 Å². The fourth-order valence-electron chi connectivity index (χ4n) is 2.79. The van der Waals surface area contributed by atoms with Gasteiger partial charge in [-0.3, -0.25) is 9.59 Å². The monoisotopic (exact) mass is 355 g/mol. The first-order chi connectivity index (χ1) is 11.9. The van der Waals surface area contributed by atoms with Crippen LogP contribution >= 0.6 is 11.6 Å². The fourth-order valence-corrected chi connectivity index (χ4v) is 2.96. The van der Waals surface area contributed by atoms with Crippen molar-refractivity contribution in [2.45, 2.75) is 20.3 Å². The third kappa shape index (κ3) is 4.00. The molecule has 0 radical (unpaired) electrons. The van der Waals surface area contributed by atoms with E-state index in [-0.39, 0.29) is 18.2 Å². The zero-order valence-electron chi connectivity index (χ0n) is 13.9. The van der Waals surface area contributed by atoms with Gasteiger partial charge in [0, 0.05) is 39.9 Å². The maximum absolute atomic E-state index is 12.4. The molecule has 0 aliphatic rings. The Morgan fingerprint density at radius 1 is 1.04 bits per heavy atom. The van der Waals surface area contributed by atoms with Gasteiger partial charge >= 0.3 is 0 Å². The topological polar surface area (TPSA) is 74.0 Å². The molecule has 0 bridgehead atoms. The minimum Gasteiger partial charge on any atom is -0.358 e. The molecule has 2 amide bonds. The Morgan fingerprint density at radius 2 is 1.68 bits per heavy atom. The van der Waals surface area contributed by atoms with Crippen molar-refractivity contribution in [3.05, 3.63) is 58.7 Å². The van der Waals surface area contributed by atoms with Gasteiger partial charge in [0.1, 0.15) is 0 Å². The molecular weight excluding hydrogens is 338 g/mol. The molecule has 0 saturated heterocycles. The van der Waals surface area contributed by atoms with Crippen LogP contribution in [0.4, 0.5) is 11.4 Å². The zero-order chi connectivity index (χ0) is 18.0. The third-order valence-corrected chi connectivity index (χ3v) is 4.14. The van der Waals surface area contributed by atoms with E-state index in [1.807, 2.05) is 25.1 Å². The van der Waals surface area contributed by atoms with E-state index in [2.05, 4.69) is 15.6 Å². The van der Waals surface area contributed by atoms with Crippen LogP contribution in [0.1, 0.15) is 18.2 Å². The Bertz CT molecular complexity index is 945. The summed E-state index contributed by atoms with van der Waals surface area (Å²) in [5.41, 5.74) is 4.21. The second kappa shape index (κ2) is 6.99. The van der Waals surface area contributed by atoms with Gasteiger partial charge in [0.2, 0.25) is 11.8 Å². The highest BCUT2D eigenvalue weighted by Crippen LogP contribution is 2.26. The SMILES string of the molecule is CC(=O)Nc1ccc(NC(=O)Cc2c(C)[nH]c3ccc(Cl)cc23)cc1. The normalized spacial score (nSPS) is 10.7. The number of nitrogens with one attached hydrogen (secondary N) is 3. The minimum atomic E-state index is -0.134. The summed E-state index contributed by atoms with van der Waals surface area (Å²) < 4.78 is 0. The first-order valence-corrected chi connectivity index (χ1v) is 8.24. The van der Waals surface area contributed by atoms with Crippen molar-refractivity contribution in [2.24, 2.45) is 0 Å². The van der Waals surface area contributed by atoms with E-state index in [0.29, 0.717) is 16.4 Å². The summed E-state index contributed by atoms with van der Waals surface area (Å²) >= 11 is 6.07. The van der Waals surface area contributed by atoms with Crippen molar-refractivity contribution >= 4 is 45.7 Å². The summed E-state index contributed by atoms with van der Waals surface area (Å²) in [4.78, 5) is 26.7. The van der Waals surface area contributed by atoms with Crippen molar-refractivity contribution in [3.8, 4) is 0 Å². The minimum absolute atomic E-state index is 0.115. The van der Waals surface area contributed by atoms with E-state index in [4.69, 9.17) is 11.6 Å². The summed E-state index contributed by atoms with van der Waals surface area (Å²) in [7, 11) is 0. The van der Waals surface area contributed by atoms with Gasteiger partial charge in [-0.2, -0.15) is 0 Å². The van der Waals surface area contributed by atoms with Crippen molar-refractivity contribution in [1.29, 1.82) is 0 Å². The molecule has 0 atom stereocenters. The molecule has 1 heterocycles. The highest BCUT2D eigenvalue weighted by molar-refractivity contribution is 6.31. The van der Waals surface area contributed by atoms with Crippen LogP contribution in [0.5, 0.6) is 0 Å². The van der Waals surface area contributed by atoms with Crippen LogP contribution in [0.15, 0.2) is 42.5 Å². The molecule has 1 aromatic heterocycles. The summed E-state index contributed by atoms with van der Waals surface area (Å²) in [5.74, 6) is -0.249. The fraction of sp³-hybridized carbons (Fsp3) is 0.158. The number of aromatic nitrogens is 1. The van der Waals surface area contributed by atoms with Crippen molar-refractivity contribution < 1.29 is 9.59 Å². The van der Waals surface area contributed by atoms with Crippen LogP contribution < -0.4 is 10.6 Å². The molecule has 0 spiro atoms. The number of aryl methyl sites for hydroxylation is 1. The van der Waals surface area contributed by atoms with E-state index in [1.54, 1.807) is 24.3 Å². The number of fused-ring (bicyclic) bond motifs is 1. The number of carbonyl (C=O) groups excluding carboxylic acids is 2. The van der Waals surface area contributed by atoms with Crippen LogP contribution in [0.25, 0.3) is 10.9 Å². The van der Waals surface area contributed by atoms with Gasteiger partial charge in [-0.1, -0.05) is 11.6 Å². The molecule has 0 saturated carbocycles. The lowest BCUT2D eigenvalue weighted by atomic mass is 10.1. The number of rotatable bonds is 4. The lowest BCUT2D eigenvalue weighted by Gasteiger charge is -2.07. The molecular formula is C19H18ClN3O2. The van der Waals surface area contributed by atoms with Crippen LogP contribution in [-0.2, 0) is 16.0 Å². The molecule has 3 aromatic rings. The largest absolute Gasteiger partial charge is 0.358 e. The lowest BCUT2D eigenvalue weighted by molar-refractivity contribution is -0.116. The number of hydrogen-bond donors (Lipinski definition) is 3. The van der Waals surface area contributed by atoms with Crippen LogP contribution in [0.3, 0.4) is 0 Å². The van der Waals surface area contributed by atoms with E-state index in [9.17, 15) is 9.59 Å². The highest BCUT2D eigenvalue weighted by Gasteiger charge is 2.13. The maximum atomic E-state index is 12.4. The molecule has 3 rings (SSSR count). The number of hydrogen-bond acceptors (Lipinski definition) is 2. The van der Waals surface area contributed by atoms with Crippen LogP contribution in [-0.4, -0.2) is 16.8 Å². The molecule has 6 heteroatoms. The number of amides is 2. The molecule has 0 aliphatic carbocycles. The van der Waals surface area contributed by atoms with E-state index >= 15 is 0 Å². The van der Waals surface area contributed by atoms with Crippen molar-refractivity contribution in [3.63, 3.8) is 0 Å². The number of aromatic amines is 1. The predicted molar refractivity (Wildman–Crippen MR) is 101 cm³/mol. The molecule has 3 N–H and O–H groups in total. The van der Waals surface area contributed by atoms with Gasteiger partial charge in [0.25, 0.3) is 0 Å². The highest BCUT2D eigenvalue weighted by atomic mass is 35.5. The van der Waals surface area contributed by atoms with Gasteiger partial charge in [0.05, 0.1) is 6.42 Å². The van der Waals surface area contributed by atoms with Gasteiger partial charge < -0.3 is 15.6 Å². The molecule has 0 fully saturated rings. The molecule has 0 aliphatic heterocycles. The van der Waals surface area contributed by atoms with Crippen molar-refractivity contribution in [1.82, 2.24) is 4.98 Å². The Kier molecular flexibility index (Phi) is 4.76. The molecule has 2 aromatic carbocycles. The van der Waals surface area contributed by atoms with Crippen LogP contribution in [0.2, 0.25) is 5.02 Å². The first-order valence-electron chi connectivity index (χ1n) is 7.86. The van der Waals surface area contributed by atoms with Gasteiger partial charge in [-0.05, 0) is 55.0 Å². The summed E-state index contributed by atoms with van der Waals surface area (Å²) in [5, 5.41) is 7.15. The average Bonchev–Trinajstić information content (AvgIpc) is 2.84. The summed E-state index contributed by atoms with van der Waals surface area (Å²) in [6.45, 7) is 3.39. The summed E-state index contributed by atoms with van der Waals surface area (Å²) in [6, 6.07) is 12.6. The molecule has 0 unspecified atom stereocenters. The maximum Gasteiger partial charge on any atom is 0.228 e. The van der Waals surface area contributed by atoms with Crippen molar-refractivity contribution in [2.75, 3.05) is 10.6 Å². The number of carbonyl (C=O) groups is 2. The molecule has 5 nitrogen and oxygen atoms in total. The number of anilines is 2. The molecule has 128 valence electrons. The van der Waals surface area contributed by atoms with E-state index in [1.165, 1.54) is 6.92 Å². The quantitative estimate of drug-likeness (QED) is 0.653. The Hall–Kier alpha value is -2.79.